The fourth-order valence-electron chi connectivity index (χ4n) is 3.54. The van der Waals surface area contributed by atoms with Crippen LogP contribution < -0.4 is 4.90 Å². The molecule has 164 valence electrons. The fourth-order valence-corrected chi connectivity index (χ4v) is 4.54. The van der Waals surface area contributed by atoms with Gasteiger partial charge in [0.1, 0.15) is 0 Å². The van der Waals surface area contributed by atoms with Gasteiger partial charge in [0.25, 0.3) is 5.91 Å². The molecule has 0 aromatic heterocycles. The maximum atomic E-state index is 12.8. The van der Waals surface area contributed by atoms with Crippen molar-refractivity contribution in [2.45, 2.75) is 31.2 Å². The van der Waals surface area contributed by atoms with Gasteiger partial charge in [-0.25, -0.2) is 0 Å². The highest BCUT2D eigenvalue weighted by molar-refractivity contribution is 7.99. The molecule has 31 heavy (non-hydrogen) atoms. The van der Waals surface area contributed by atoms with Gasteiger partial charge in [-0.05, 0) is 36.8 Å². The number of carbonyl (C=O) groups excluding carboxylic acids is 3. The van der Waals surface area contributed by atoms with E-state index in [0.717, 1.165) is 21.9 Å². The number of amides is 3. The third kappa shape index (κ3) is 5.67. The van der Waals surface area contributed by atoms with Gasteiger partial charge in [0, 0.05) is 62.8 Å². The van der Waals surface area contributed by atoms with Gasteiger partial charge < -0.3 is 14.7 Å². The van der Waals surface area contributed by atoms with Crippen LogP contribution in [-0.4, -0.2) is 60.5 Å². The Hall–Kier alpha value is -2.80. The van der Waals surface area contributed by atoms with Gasteiger partial charge in [-0.15, -0.1) is 11.8 Å². The summed E-state index contributed by atoms with van der Waals surface area (Å²) in [4.78, 5) is 43.8. The average Bonchev–Trinajstić information content (AvgIpc) is 2.80. The number of nitrogens with zero attached hydrogens (tertiary/aromatic N) is 3. The average molecular weight is 440 g/mol. The highest BCUT2D eigenvalue weighted by atomic mass is 32.2. The highest BCUT2D eigenvalue weighted by Gasteiger charge is 2.23. The summed E-state index contributed by atoms with van der Waals surface area (Å²) < 4.78 is 0. The molecule has 0 unspecified atom stereocenters. The van der Waals surface area contributed by atoms with Gasteiger partial charge in [0.2, 0.25) is 11.8 Å². The first-order chi connectivity index (χ1) is 14.9. The molecule has 3 rings (SSSR count). The molecule has 0 saturated heterocycles. The monoisotopic (exact) mass is 439 g/mol. The SMILES string of the molecule is CCN(Cc1ccc(C(=O)N(C)C)cc1)C(=O)CCC(=O)N1CCSc2ccccc21. The molecule has 1 heterocycles. The molecular weight excluding hydrogens is 410 g/mol. The Morgan fingerprint density at radius 3 is 2.39 bits per heavy atom. The zero-order valence-corrected chi connectivity index (χ0v) is 19.2. The predicted octanol–water partition coefficient (Wildman–Crippen LogP) is 3.66. The van der Waals surface area contributed by atoms with Gasteiger partial charge >= 0.3 is 0 Å². The van der Waals surface area contributed by atoms with Crippen molar-refractivity contribution >= 4 is 35.2 Å². The van der Waals surface area contributed by atoms with E-state index < -0.39 is 0 Å². The van der Waals surface area contributed by atoms with Gasteiger partial charge in [-0.2, -0.15) is 0 Å². The van der Waals surface area contributed by atoms with Gasteiger partial charge in [0.15, 0.2) is 0 Å². The molecule has 0 spiro atoms. The second-order valence-electron chi connectivity index (χ2n) is 7.67. The van der Waals surface area contributed by atoms with Gasteiger partial charge in [-0.1, -0.05) is 24.3 Å². The number of hydrogen-bond donors (Lipinski definition) is 0. The maximum Gasteiger partial charge on any atom is 0.253 e. The number of fused-ring (bicyclic) bond motifs is 1. The number of rotatable bonds is 7. The van der Waals surface area contributed by atoms with Crippen molar-refractivity contribution in [3.05, 3.63) is 59.7 Å². The summed E-state index contributed by atoms with van der Waals surface area (Å²) in [7, 11) is 3.44. The Kier molecular flexibility index (Phi) is 7.74. The van der Waals surface area contributed by atoms with E-state index in [1.807, 2.05) is 43.3 Å². The Morgan fingerprint density at radius 1 is 1.00 bits per heavy atom. The molecule has 1 aliphatic rings. The van der Waals surface area contributed by atoms with E-state index >= 15 is 0 Å². The van der Waals surface area contributed by atoms with E-state index in [2.05, 4.69) is 0 Å². The number of anilines is 1. The molecule has 2 aromatic carbocycles. The van der Waals surface area contributed by atoms with Crippen LogP contribution in [0.15, 0.2) is 53.4 Å². The summed E-state index contributed by atoms with van der Waals surface area (Å²) in [6, 6.07) is 15.2. The molecule has 0 fully saturated rings. The smallest absolute Gasteiger partial charge is 0.253 e. The zero-order valence-electron chi connectivity index (χ0n) is 18.3. The van der Waals surface area contributed by atoms with E-state index in [0.29, 0.717) is 25.2 Å². The second kappa shape index (κ2) is 10.5. The molecule has 0 atom stereocenters. The summed E-state index contributed by atoms with van der Waals surface area (Å²) >= 11 is 1.76. The fraction of sp³-hybridized carbons (Fsp3) is 0.375. The molecule has 2 aromatic rings. The maximum absolute atomic E-state index is 12.8. The Bertz CT molecular complexity index is 943. The lowest BCUT2D eigenvalue weighted by Gasteiger charge is -2.29. The van der Waals surface area contributed by atoms with Gasteiger partial charge in [-0.3, -0.25) is 14.4 Å². The molecule has 7 heteroatoms. The normalized spacial score (nSPS) is 12.8. The lowest BCUT2D eigenvalue weighted by atomic mass is 10.1. The number of thioether (sulfide) groups is 1. The first-order valence-electron chi connectivity index (χ1n) is 10.5. The summed E-state index contributed by atoms with van der Waals surface area (Å²) in [6.07, 6.45) is 0.389. The quantitative estimate of drug-likeness (QED) is 0.661. The van der Waals surface area contributed by atoms with Crippen LogP contribution in [0.5, 0.6) is 0 Å². The number of hydrogen-bond acceptors (Lipinski definition) is 4. The summed E-state index contributed by atoms with van der Waals surface area (Å²) in [5.41, 5.74) is 2.52. The van der Waals surface area contributed by atoms with Gasteiger partial charge in [0.05, 0.1) is 5.69 Å². The van der Waals surface area contributed by atoms with Crippen LogP contribution in [0.4, 0.5) is 5.69 Å². The van der Waals surface area contributed by atoms with Crippen LogP contribution in [0.3, 0.4) is 0 Å². The summed E-state index contributed by atoms with van der Waals surface area (Å²) in [5.74, 6) is 0.767. The van der Waals surface area contributed by atoms with E-state index in [9.17, 15) is 14.4 Å². The minimum atomic E-state index is -0.0498. The summed E-state index contributed by atoms with van der Waals surface area (Å²) in [5, 5.41) is 0. The molecule has 0 aliphatic carbocycles. The number of benzene rings is 2. The van der Waals surface area contributed by atoms with E-state index in [-0.39, 0.29) is 30.6 Å². The minimum Gasteiger partial charge on any atom is -0.345 e. The number of carbonyl (C=O) groups is 3. The molecule has 0 saturated carbocycles. The molecule has 0 radical (unpaired) electrons. The van der Waals surface area contributed by atoms with Crippen LogP contribution in [0.25, 0.3) is 0 Å². The van der Waals surface area contributed by atoms with E-state index in [4.69, 9.17) is 0 Å². The third-order valence-corrected chi connectivity index (χ3v) is 6.34. The Balaban J connectivity index is 1.57. The van der Waals surface area contributed by atoms with Crippen molar-refractivity contribution in [1.82, 2.24) is 9.80 Å². The van der Waals surface area contributed by atoms with Crippen molar-refractivity contribution in [3.63, 3.8) is 0 Å². The zero-order chi connectivity index (χ0) is 22.4. The highest BCUT2D eigenvalue weighted by Crippen LogP contribution is 2.34. The van der Waals surface area contributed by atoms with Crippen molar-refractivity contribution < 1.29 is 14.4 Å². The van der Waals surface area contributed by atoms with E-state index in [1.165, 1.54) is 4.90 Å². The first kappa shape index (κ1) is 22.9. The lowest BCUT2D eigenvalue weighted by molar-refractivity contribution is -0.133. The molecule has 6 nitrogen and oxygen atoms in total. The molecule has 3 amide bonds. The molecular formula is C24H29N3O3S. The molecule has 1 aliphatic heterocycles. The topological polar surface area (TPSA) is 60.9 Å². The largest absolute Gasteiger partial charge is 0.345 e. The van der Waals surface area contributed by atoms with Crippen LogP contribution in [0.2, 0.25) is 0 Å². The Morgan fingerprint density at radius 2 is 1.71 bits per heavy atom. The predicted molar refractivity (Wildman–Crippen MR) is 124 cm³/mol. The number of para-hydroxylation sites is 1. The van der Waals surface area contributed by atoms with Crippen molar-refractivity contribution in [2.75, 3.05) is 37.8 Å². The molecule has 0 bridgehead atoms. The third-order valence-electron chi connectivity index (χ3n) is 5.30. The van der Waals surface area contributed by atoms with Crippen LogP contribution >= 0.6 is 11.8 Å². The van der Waals surface area contributed by atoms with Crippen molar-refractivity contribution in [1.29, 1.82) is 0 Å². The van der Waals surface area contributed by atoms with Crippen molar-refractivity contribution in [2.24, 2.45) is 0 Å². The van der Waals surface area contributed by atoms with Crippen LogP contribution in [-0.2, 0) is 16.1 Å². The van der Waals surface area contributed by atoms with Crippen molar-refractivity contribution in [3.8, 4) is 0 Å². The van der Waals surface area contributed by atoms with E-state index in [1.54, 1.807) is 47.8 Å². The molecule has 0 N–H and O–H groups in total. The standard InChI is InChI=1S/C24H29N3O3S/c1-4-26(17-18-9-11-19(12-10-18)24(30)25(2)3)22(28)13-14-23(29)27-15-16-31-21-8-6-5-7-20(21)27/h5-12H,4,13-17H2,1-3H3. The minimum absolute atomic E-state index is 0.0105. The first-order valence-corrected chi connectivity index (χ1v) is 11.5. The second-order valence-corrected chi connectivity index (χ2v) is 8.80. The van der Waals surface area contributed by atoms with Crippen LogP contribution in [0, 0.1) is 0 Å². The Labute approximate surface area is 188 Å². The lowest BCUT2D eigenvalue weighted by Crippen LogP contribution is -2.37. The summed E-state index contributed by atoms with van der Waals surface area (Å²) in [6.45, 7) is 3.63. The van der Waals surface area contributed by atoms with Crippen LogP contribution in [0.1, 0.15) is 35.7 Å².